The van der Waals surface area contributed by atoms with Crippen molar-refractivity contribution in [3.63, 3.8) is 0 Å². The Morgan fingerprint density at radius 1 is 0.634 bits per heavy atom. The Kier molecular flexibility index (Phi) is 8.81. The normalized spacial score (nSPS) is 10.6. The molecular weight excluding hydrogens is 514 g/mol. The Morgan fingerprint density at radius 2 is 1.10 bits per heavy atom. The fourth-order valence-corrected chi connectivity index (χ4v) is 4.21. The molecule has 0 saturated carbocycles. The van der Waals surface area contributed by atoms with Crippen LogP contribution in [0.1, 0.15) is 32.6 Å². The average molecular weight is 546 g/mol. The molecule has 41 heavy (non-hydrogen) atoms. The van der Waals surface area contributed by atoms with Crippen molar-refractivity contribution < 1.29 is 24.1 Å². The van der Waals surface area contributed by atoms with Crippen molar-refractivity contribution in [1.29, 1.82) is 0 Å². The second kappa shape index (κ2) is 13.2. The second-order valence-electron chi connectivity index (χ2n) is 9.60. The van der Waals surface area contributed by atoms with Gasteiger partial charge in [0.25, 0.3) is 5.91 Å². The molecule has 1 amide bonds. The number of hydrogen-bond acceptors (Lipinski definition) is 5. The van der Waals surface area contributed by atoms with E-state index in [1.807, 2.05) is 97.9 Å². The summed E-state index contributed by atoms with van der Waals surface area (Å²) in [7, 11) is 0. The molecule has 0 atom stereocenters. The van der Waals surface area contributed by atoms with Crippen molar-refractivity contribution in [3.05, 3.63) is 149 Å². The zero-order valence-corrected chi connectivity index (χ0v) is 22.7. The third-order valence-electron chi connectivity index (χ3n) is 6.38. The summed E-state index contributed by atoms with van der Waals surface area (Å²) in [6.45, 7) is 2.71. The van der Waals surface area contributed by atoms with Gasteiger partial charge in [0.15, 0.2) is 11.5 Å². The van der Waals surface area contributed by atoms with Crippen molar-refractivity contribution in [3.8, 4) is 23.0 Å². The number of aryl methyl sites for hydroxylation is 1. The van der Waals surface area contributed by atoms with Crippen molar-refractivity contribution >= 4 is 11.6 Å². The fourth-order valence-electron chi connectivity index (χ4n) is 4.21. The maximum absolute atomic E-state index is 13.4. The first-order valence-electron chi connectivity index (χ1n) is 13.3. The summed E-state index contributed by atoms with van der Waals surface area (Å²) in [6.07, 6.45) is 0. The Balaban J connectivity index is 1.51. The Bertz CT molecular complexity index is 1520. The molecule has 0 fully saturated rings. The number of benzene rings is 5. The van der Waals surface area contributed by atoms with E-state index in [0.717, 1.165) is 22.3 Å². The summed E-state index contributed by atoms with van der Waals surface area (Å²) in [6, 6.07) is 37.6. The lowest BCUT2D eigenvalue weighted by atomic mass is 10.1. The Morgan fingerprint density at radius 3 is 1.59 bits per heavy atom. The molecule has 0 aliphatic heterocycles. The molecule has 0 radical (unpaired) electrons. The Hall–Kier alpha value is -5.23. The number of anilines is 1. The first-order chi connectivity index (χ1) is 20.0. The number of amides is 1. The number of phenols is 1. The van der Waals surface area contributed by atoms with Crippen LogP contribution in [-0.4, -0.2) is 11.0 Å². The minimum absolute atomic E-state index is 0.0205. The Labute approximate surface area is 239 Å². The van der Waals surface area contributed by atoms with Crippen LogP contribution in [0.15, 0.2) is 121 Å². The van der Waals surface area contributed by atoms with Gasteiger partial charge in [-0.2, -0.15) is 0 Å². The van der Waals surface area contributed by atoms with Gasteiger partial charge in [-0.25, -0.2) is 0 Å². The van der Waals surface area contributed by atoms with Gasteiger partial charge >= 0.3 is 0 Å². The summed E-state index contributed by atoms with van der Waals surface area (Å²) in [5, 5.41) is 13.1. The van der Waals surface area contributed by atoms with Crippen LogP contribution in [0.3, 0.4) is 0 Å². The molecule has 5 rings (SSSR count). The van der Waals surface area contributed by atoms with Gasteiger partial charge < -0.3 is 24.6 Å². The van der Waals surface area contributed by atoms with Crippen molar-refractivity contribution in [2.75, 3.05) is 5.32 Å². The van der Waals surface area contributed by atoms with Gasteiger partial charge in [0.2, 0.25) is 5.75 Å². The van der Waals surface area contributed by atoms with Gasteiger partial charge in [0, 0.05) is 5.56 Å². The highest BCUT2D eigenvalue weighted by molar-refractivity contribution is 6.05. The molecule has 0 bridgehead atoms. The third-order valence-corrected chi connectivity index (χ3v) is 6.38. The molecular formula is C35H31NO5. The quantitative estimate of drug-likeness (QED) is 0.166. The van der Waals surface area contributed by atoms with Gasteiger partial charge in [-0.1, -0.05) is 97.1 Å². The number of ether oxygens (including phenoxy) is 3. The van der Waals surface area contributed by atoms with Crippen LogP contribution in [0.4, 0.5) is 5.69 Å². The lowest BCUT2D eigenvalue weighted by molar-refractivity contribution is 0.102. The minimum Gasteiger partial charge on any atom is -0.506 e. The largest absolute Gasteiger partial charge is 0.506 e. The number of hydrogen-bond donors (Lipinski definition) is 2. The smallest absolute Gasteiger partial charge is 0.256 e. The molecule has 0 unspecified atom stereocenters. The predicted molar refractivity (Wildman–Crippen MR) is 160 cm³/mol. The van der Waals surface area contributed by atoms with Gasteiger partial charge in [-0.05, 0) is 53.4 Å². The second-order valence-corrected chi connectivity index (χ2v) is 9.60. The van der Waals surface area contributed by atoms with E-state index in [0.29, 0.717) is 28.5 Å². The van der Waals surface area contributed by atoms with Gasteiger partial charge in [0.05, 0.1) is 5.69 Å². The molecule has 5 aromatic carbocycles. The number of phenolic OH excluding ortho intramolecular Hbond substituents is 1. The molecule has 0 heterocycles. The lowest BCUT2D eigenvalue weighted by Crippen LogP contribution is -2.13. The van der Waals surface area contributed by atoms with Crippen molar-refractivity contribution in [2.45, 2.75) is 26.7 Å². The lowest BCUT2D eigenvalue weighted by Gasteiger charge is -2.19. The number of aromatic hydroxyl groups is 1. The highest BCUT2D eigenvalue weighted by Gasteiger charge is 2.20. The van der Waals surface area contributed by atoms with E-state index < -0.39 is 5.91 Å². The molecule has 206 valence electrons. The summed E-state index contributed by atoms with van der Waals surface area (Å²) in [4.78, 5) is 13.4. The van der Waals surface area contributed by atoms with E-state index in [9.17, 15) is 9.90 Å². The van der Waals surface area contributed by atoms with Crippen LogP contribution in [0, 0.1) is 6.92 Å². The maximum Gasteiger partial charge on any atom is 0.256 e. The van der Waals surface area contributed by atoms with Crippen LogP contribution in [0.5, 0.6) is 23.0 Å². The first kappa shape index (κ1) is 27.3. The zero-order chi connectivity index (χ0) is 28.4. The summed E-state index contributed by atoms with van der Waals surface area (Å²) in [5.74, 6) is 0.695. The third kappa shape index (κ3) is 7.46. The number of carbonyl (C=O) groups excluding carboxylic acids is 1. The van der Waals surface area contributed by atoms with E-state index in [1.165, 1.54) is 0 Å². The molecule has 6 nitrogen and oxygen atoms in total. The highest BCUT2D eigenvalue weighted by Crippen LogP contribution is 2.41. The highest BCUT2D eigenvalue weighted by atomic mass is 16.5. The molecule has 5 aromatic rings. The average Bonchev–Trinajstić information content (AvgIpc) is 3.01. The predicted octanol–water partition coefficient (Wildman–Crippen LogP) is 7.69. The summed E-state index contributed by atoms with van der Waals surface area (Å²) in [5.41, 5.74) is 4.43. The molecule has 0 aliphatic carbocycles. The number of nitrogens with one attached hydrogen (secondary N) is 1. The van der Waals surface area contributed by atoms with E-state index in [4.69, 9.17) is 14.2 Å². The van der Waals surface area contributed by atoms with Gasteiger partial charge in [-0.15, -0.1) is 0 Å². The van der Waals surface area contributed by atoms with Crippen LogP contribution in [0.25, 0.3) is 0 Å². The maximum atomic E-state index is 13.4. The van der Waals surface area contributed by atoms with E-state index in [-0.39, 0.29) is 25.6 Å². The van der Waals surface area contributed by atoms with Crippen LogP contribution >= 0.6 is 0 Å². The topological polar surface area (TPSA) is 77.0 Å². The van der Waals surface area contributed by atoms with Crippen molar-refractivity contribution in [1.82, 2.24) is 0 Å². The SMILES string of the molecule is Cc1ccc(O)c(NC(=O)c2cc(OCc3ccccc3)c(OCc3ccccc3)c(OCc3ccccc3)c2)c1. The van der Waals surface area contributed by atoms with E-state index in [1.54, 1.807) is 30.3 Å². The first-order valence-corrected chi connectivity index (χ1v) is 13.3. The molecule has 0 aliphatic rings. The van der Waals surface area contributed by atoms with Crippen LogP contribution < -0.4 is 19.5 Å². The molecule has 0 saturated heterocycles. The molecule has 2 N–H and O–H groups in total. The van der Waals surface area contributed by atoms with Crippen LogP contribution in [0.2, 0.25) is 0 Å². The number of carbonyl (C=O) groups is 1. The number of rotatable bonds is 11. The molecule has 0 aromatic heterocycles. The van der Waals surface area contributed by atoms with Crippen molar-refractivity contribution in [2.24, 2.45) is 0 Å². The van der Waals surface area contributed by atoms with Gasteiger partial charge in [0.1, 0.15) is 25.6 Å². The monoisotopic (exact) mass is 545 g/mol. The van der Waals surface area contributed by atoms with E-state index in [2.05, 4.69) is 5.32 Å². The summed E-state index contributed by atoms with van der Waals surface area (Å²) < 4.78 is 18.8. The minimum atomic E-state index is -0.422. The van der Waals surface area contributed by atoms with Crippen LogP contribution in [-0.2, 0) is 19.8 Å². The molecule has 6 heteroatoms. The van der Waals surface area contributed by atoms with Gasteiger partial charge in [-0.3, -0.25) is 4.79 Å². The standard InChI is InChI=1S/C35H31NO5/c1-25-17-18-31(37)30(19-25)36-35(38)29-20-32(39-22-26-11-5-2-6-12-26)34(41-24-28-15-9-4-10-16-28)33(21-29)40-23-27-13-7-3-8-14-27/h2-21,37H,22-24H2,1H3,(H,36,38). The summed E-state index contributed by atoms with van der Waals surface area (Å²) >= 11 is 0. The van der Waals surface area contributed by atoms with E-state index >= 15 is 0 Å². The fraction of sp³-hybridized carbons (Fsp3) is 0.114. The molecule has 0 spiro atoms. The zero-order valence-electron chi connectivity index (χ0n) is 22.7.